The zero-order chi connectivity index (χ0) is 11.4. The normalized spacial score (nSPS) is 22.9. The number of aliphatic hydroxyl groups is 1. The Morgan fingerprint density at radius 3 is 2.75 bits per heavy atom. The summed E-state index contributed by atoms with van der Waals surface area (Å²) in [5.41, 5.74) is 0.934. The minimum absolute atomic E-state index is 0.318. The Hall–Kier alpha value is -1.39. The van der Waals surface area contributed by atoms with Gasteiger partial charge in [0, 0.05) is 18.7 Å². The molecular weight excluding hydrogens is 206 g/mol. The Morgan fingerprint density at radius 1 is 1.44 bits per heavy atom. The average molecular weight is 221 g/mol. The first-order valence-electron chi connectivity index (χ1n) is 5.37. The van der Waals surface area contributed by atoms with E-state index in [2.05, 4.69) is 0 Å². The number of hydrogen-bond acceptors (Lipinski definition) is 4. The molecule has 86 valence electrons. The molecule has 0 bridgehead atoms. The van der Waals surface area contributed by atoms with E-state index in [1.54, 1.807) is 0 Å². The molecule has 1 aliphatic rings. The molecule has 2 atom stereocenters. The van der Waals surface area contributed by atoms with Crippen LogP contribution in [-0.2, 0) is 9.53 Å². The molecule has 4 heteroatoms. The van der Waals surface area contributed by atoms with E-state index in [9.17, 15) is 9.90 Å². The number of hydrogen-bond donors (Lipinski definition) is 1. The Balaban J connectivity index is 2.14. The minimum atomic E-state index is -0.379. The average Bonchev–Trinajstić information content (AvgIpc) is 2.74. The SMILES string of the molecule is O=COC(c1ccccc1)N1CCC(O)C1. The van der Waals surface area contributed by atoms with Crippen LogP contribution in [0.4, 0.5) is 0 Å². The van der Waals surface area contributed by atoms with Gasteiger partial charge in [-0.05, 0) is 6.42 Å². The summed E-state index contributed by atoms with van der Waals surface area (Å²) < 4.78 is 5.09. The van der Waals surface area contributed by atoms with E-state index in [4.69, 9.17) is 4.74 Å². The van der Waals surface area contributed by atoms with Gasteiger partial charge >= 0.3 is 0 Å². The number of ether oxygens (including phenoxy) is 1. The summed E-state index contributed by atoms with van der Waals surface area (Å²) >= 11 is 0. The number of β-amino-alcohol motifs (C(OH)–C–C–N with tert-alkyl or cyclic N) is 1. The molecule has 0 aliphatic carbocycles. The number of carbonyl (C=O) groups is 1. The second-order valence-corrected chi connectivity index (χ2v) is 3.93. The monoisotopic (exact) mass is 221 g/mol. The van der Waals surface area contributed by atoms with E-state index >= 15 is 0 Å². The maximum Gasteiger partial charge on any atom is 0.294 e. The van der Waals surface area contributed by atoms with Gasteiger partial charge in [-0.15, -0.1) is 0 Å². The summed E-state index contributed by atoms with van der Waals surface area (Å²) in [6, 6.07) is 9.56. The number of benzene rings is 1. The topological polar surface area (TPSA) is 49.8 Å². The first-order chi connectivity index (χ1) is 7.81. The van der Waals surface area contributed by atoms with Gasteiger partial charge in [-0.3, -0.25) is 9.69 Å². The molecule has 1 aromatic rings. The minimum Gasteiger partial charge on any atom is -0.444 e. The summed E-state index contributed by atoms with van der Waals surface area (Å²) in [7, 11) is 0. The molecule has 1 saturated heterocycles. The molecule has 1 aliphatic heterocycles. The maximum atomic E-state index is 10.5. The van der Waals surface area contributed by atoms with Crippen molar-refractivity contribution in [3.8, 4) is 0 Å². The third kappa shape index (κ3) is 2.40. The molecule has 1 heterocycles. The van der Waals surface area contributed by atoms with Crippen molar-refractivity contribution in [3.63, 3.8) is 0 Å². The number of aliphatic hydroxyl groups excluding tert-OH is 1. The Kier molecular flexibility index (Phi) is 3.54. The smallest absolute Gasteiger partial charge is 0.294 e. The molecule has 0 saturated carbocycles. The van der Waals surface area contributed by atoms with Crippen LogP contribution in [0.25, 0.3) is 0 Å². The van der Waals surface area contributed by atoms with E-state index in [1.165, 1.54) is 0 Å². The molecule has 1 N–H and O–H groups in total. The predicted octanol–water partition coefficient (Wildman–Crippen LogP) is 0.925. The van der Waals surface area contributed by atoms with Gasteiger partial charge in [0.05, 0.1) is 6.10 Å². The van der Waals surface area contributed by atoms with Crippen molar-refractivity contribution in [2.45, 2.75) is 18.8 Å². The molecular formula is C12H15NO3. The zero-order valence-electron chi connectivity index (χ0n) is 8.95. The van der Waals surface area contributed by atoms with Gasteiger partial charge in [0.15, 0.2) is 6.23 Å². The van der Waals surface area contributed by atoms with Crippen molar-refractivity contribution in [2.24, 2.45) is 0 Å². The summed E-state index contributed by atoms with van der Waals surface area (Å²) in [6.07, 6.45) is 0.0308. The quantitative estimate of drug-likeness (QED) is 0.768. The van der Waals surface area contributed by atoms with Crippen molar-refractivity contribution in [2.75, 3.05) is 13.1 Å². The van der Waals surface area contributed by atoms with E-state index in [1.807, 2.05) is 35.2 Å². The van der Waals surface area contributed by atoms with Gasteiger partial charge in [-0.25, -0.2) is 0 Å². The van der Waals surface area contributed by atoms with Crippen LogP contribution >= 0.6 is 0 Å². The van der Waals surface area contributed by atoms with Crippen LogP contribution < -0.4 is 0 Å². The summed E-state index contributed by atoms with van der Waals surface area (Å²) in [4.78, 5) is 12.5. The van der Waals surface area contributed by atoms with Gasteiger partial charge in [0.1, 0.15) is 0 Å². The first-order valence-corrected chi connectivity index (χ1v) is 5.37. The number of nitrogens with zero attached hydrogens (tertiary/aromatic N) is 1. The van der Waals surface area contributed by atoms with Crippen LogP contribution in [0.15, 0.2) is 30.3 Å². The molecule has 0 spiro atoms. The molecule has 2 unspecified atom stereocenters. The van der Waals surface area contributed by atoms with E-state index in [0.29, 0.717) is 13.0 Å². The third-order valence-electron chi connectivity index (χ3n) is 2.80. The molecule has 1 fully saturated rings. The number of likely N-dealkylation sites (tertiary alicyclic amines) is 1. The van der Waals surface area contributed by atoms with Crippen molar-refractivity contribution < 1.29 is 14.6 Å². The van der Waals surface area contributed by atoms with E-state index in [0.717, 1.165) is 18.5 Å². The highest BCUT2D eigenvalue weighted by Gasteiger charge is 2.28. The van der Waals surface area contributed by atoms with E-state index in [-0.39, 0.29) is 12.3 Å². The van der Waals surface area contributed by atoms with Crippen molar-refractivity contribution in [1.29, 1.82) is 0 Å². The van der Waals surface area contributed by atoms with Gasteiger partial charge < -0.3 is 9.84 Å². The van der Waals surface area contributed by atoms with Gasteiger partial charge in [0.2, 0.25) is 0 Å². The molecule has 0 radical (unpaired) electrons. The van der Waals surface area contributed by atoms with Crippen molar-refractivity contribution in [1.82, 2.24) is 4.90 Å². The van der Waals surface area contributed by atoms with Crippen LogP contribution in [0.5, 0.6) is 0 Å². The number of carbonyl (C=O) groups excluding carboxylic acids is 1. The lowest BCUT2D eigenvalue weighted by Gasteiger charge is -2.25. The standard InChI is InChI=1S/C12H15NO3/c14-9-16-12(10-4-2-1-3-5-10)13-7-6-11(15)8-13/h1-5,9,11-12,15H,6-8H2. The van der Waals surface area contributed by atoms with E-state index < -0.39 is 0 Å². The highest BCUT2D eigenvalue weighted by Crippen LogP contribution is 2.25. The fraction of sp³-hybridized carbons (Fsp3) is 0.417. The lowest BCUT2D eigenvalue weighted by molar-refractivity contribution is -0.143. The second kappa shape index (κ2) is 5.09. The van der Waals surface area contributed by atoms with Crippen LogP contribution in [0.3, 0.4) is 0 Å². The van der Waals surface area contributed by atoms with Crippen molar-refractivity contribution in [3.05, 3.63) is 35.9 Å². The fourth-order valence-corrected chi connectivity index (χ4v) is 2.03. The molecule has 4 nitrogen and oxygen atoms in total. The molecule has 0 aromatic heterocycles. The highest BCUT2D eigenvalue weighted by molar-refractivity contribution is 5.38. The van der Waals surface area contributed by atoms with Crippen LogP contribution in [0, 0.1) is 0 Å². The van der Waals surface area contributed by atoms with Crippen LogP contribution in [0.1, 0.15) is 18.2 Å². The molecule has 1 aromatic carbocycles. The Bertz CT molecular complexity index is 341. The van der Waals surface area contributed by atoms with Crippen LogP contribution in [-0.4, -0.2) is 35.7 Å². The van der Waals surface area contributed by atoms with Crippen molar-refractivity contribution >= 4 is 6.47 Å². The highest BCUT2D eigenvalue weighted by atomic mass is 16.5. The second-order valence-electron chi connectivity index (χ2n) is 3.93. The van der Waals surface area contributed by atoms with Gasteiger partial charge in [-0.2, -0.15) is 0 Å². The fourth-order valence-electron chi connectivity index (χ4n) is 2.03. The number of rotatable bonds is 4. The first kappa shape index (κ1) is 11.1. The third-order valence-corrected chi connectivity index (χ3v) is 2.80. The molecule has 0 amide bonds. The molecule has 2 rings (SSSR count). The zero-order valence-corrected chi connectivity index (χ0v) is 8.95. The summed E-state index contributed by atoms with van der Waals surface area (Å²) in [5, 5.41) is 9.48. The van der Waals surface area contributed by atoms with Crippen LogP contribution in [0.2, 0.25) is 0 Å². The lowest BCUT2D eigenvalue weighted by Crippen LogP contribution is -2.29. The molecule has 16 heavy (non-hydrogen) atoms. The predicted molar refractivity (Wildman–Crippen MR) is 58.5 cm³/mol. The van der Waals surface area contributed by atoms with Gasteiger partial charge in [-0.1, -0.05) is 30.3 Å². The summed E-state index contributed by atoms with van der Waals surface area (Å²) in [6.45, 7) is 1.75. The maximum absolute atomic E-state index is 10.5. The Morgan fingerprint density at radius 2 is 2.19 bits per heavy atom. The lowest BCUT2D eigenvalue weighted by atomic mass is 10.2. The largest absolute Gasteiger partial charge is 0.444 e. The van der Waals surface area contributed by atoms with Gasteiger partial charge in [0.25, 0.3) is 6.47 Å². The Labute approximate surface area is 94.4 Å². The summed E-state index contributed by atoms with van der Waals surface area (Å²) in [5.74, 6) is 0.